The number of halogens is 2. The SMILES string of the molecule is O=C(C1CCCCC1)N1CCN(C(c2ccc(Oc3ccccc3)cc2)c2ccc(Cl)cc2Cl)CC1. The van der Waals surface area contributed by atoms with E-state index < -0.39 is 0 Å². The highest BCUT2D eigenvalue weighted by Crippen LogP contribution is 2.37. The van der Waals surface area contributed by atoms with Crippen LogP contribution in [-0.2, 0) is 4.79 Å². The molecule has 0 aromatic heterocycles. The summed E-state index contributed by atoms with van der Waals surface area (Å²) in [4.78, 5) is 17.6. The van der Waals surface area contributed by atoms with Crippen LogP contribution in [-0.4, -0.2) is 41.9 Å². The zero-order valence-electron chi connectivity index (χ0n) is 20.4. The summed E-state index contributed by atoms with van der Waals surface area (Å²) in [6, 6.07) is 23.7. The lowest BCUT2D eigenvalue weighted by atomic mass is 9.88. The Balaban J connectivity index is 1.35. The molecule has 0 spiro atoms. The molecular formula is C30H32Cl2N2O2. The van der Waals surface area contributed by atoms with Gasteiger partial charge in [0.15, 0.2) is 0 Å². The molecule has 3 aromatic carbocycles. The molecule has 1 aliphatic heterocycles. The minimum atomic E-state index is -0.0347. The van der Waals surface area contributed by atoms with Crippen molar-refractivity contribution in [3.05, 3.63) is 94.0 Å². The Hall–Kier alpha value is -2.53. The van der Waals surface area contributed by atoms with E-state index in [2.05, 4.69) is 21.9 Å². The first-order chi connectivity index (χ1) is 17.6. The Bertz CT molecular complexity index is 1160. The van der Waals surface area contributed by atoms with E-state index >= 15 is 0 Å². The fraction of sp³-hybridized carbons (Fsp3) is 0.367. The van der Waals surface area contributed by atoms with Gasteiger partial charge in [0.25, 0.3) is 0 Å². The summed E-state index contributed by atoms with van der Waals surface area (Å²) in [6.07, 6.45) is 5.70. The number of hydrogen-bond acceptors (Lipinski definition) is 3. The number of nitrogens with zero attached hydrogens (tertiary/aromatic N) is 2. The quantitative estimate of drug-likeness (QED) is 0.334. The lowest BCUT2D eigenvalue weighted by Gasteiger charge is -2.41. The normalized spacial score (nSPS) is 18.1. The highest BCUT2D eigenvalue weighted by molar-refractivity contribution is 6.35. The van der Waals surface area contributed by atoms with Gasteiger partial charge in [0, 0.05) is 42.1 Å². The summed E-state index contributed by atoms with van der Waals surface area (Å²) in [5, 5.41) is 1.27. The van der Waals surface area contributed by atoms with Crippen molar-refractivity contribution in [2.75, 3.05) is 26.2 Å². The Morgan fingerprint density at radius 3 is 2.14 bits per heavy atom. The minimum Gasteiger partial charge on any atom is -0.457 e. The first-order valence-electron chi connectivity index (χ1n) is 12.9. The summed E-state index contributed by atoms with van der Waals surface area (Å²) >= 11 is 12.9. The highest BCUT2D eigenvalue weighted by Gasteiger charge is 2.32. The van der Waals surface area contributed by atoms with Crippen molar-refractivity contribution in [1.82, 2.24) is 9.80 Å². The highest BCUT2D eigenvalue weighted by atomic mass is 35.5. The Morgan fingerprint density at radius 2 is 1.47 bits per heavy atom. The van der Waals surface area contributed by atoms with E-state index in [1.54, 1.807) is 6.07 Å². The van der Waals surface area contributed by atoms with E-state index in [0.29, 0.717) is 16.0 Å². The zero-order chi connectivity index (χ0) is 24.9. The van der Waals surface area contributed by atoms with Crippen molar-refractivity contribution in [2.24, 2.45) is 5.92 Å². The van der Waals surface area contributed by atoms with Gasteiger partial charge in [-0.25, -0.2) is 0 Å². The number of para-hydroxylation sites is 1. The van der Waals surface area contributed by atoms with Gasteiger partial charge in [-0.3, -0.25) is 9.69 Å². The van der Waals surface area contributed by atoms with Gasteiger partial charge in [0.2, 0.25) is 5.91 Å². The lowest BCUT2D eigenvalue weighted by Crippen LogP contribution is -2.51. The number of amides is 1. The van der Waals surface area contributed by atoms with Gasteiger partial charge in [-0.1, -0.05) is 78.9 Å². The zero-order valence-corrected chi connectivity index (χ0v) is 21.9. The van der Waals surface area contributed by atoms with E-state index in [0.717, 1.165) is 61.6 Å². The van der Waals surface area contributed by atoms with Crippen molar-refractivity contribution in [3.63, 3.8) is 0 Å². The van der Waals surface area contributed by atoms with Gasteiger partial charge in [-0.05, 0) is 60.4 Å². The average Bonchev–Trinajstić information content (AvgIpc) is 2.92. The Kier molecular flexibility index (Phi) is 8.15. The van der Waals surface area contributed by atoms with Crippen LogP contribution in [0.2, 0.25) is 10.0 Å². The van der Waals surface area contributed by atoms with Crippen LogP contribution < -0.4 is 4.74 Å². The summed E-state index contributed by atoms with van der Waals surface area (Å²) < 4.78 is 6.00. The molecule has 2 fully saturated rings. The van der Waals surface area contributed by atoms with Crippen LogP contribution in [0.1, 0.15) is 49.3 Å². The van der Waals surface area contributed by atoms with Crippen LogP contribution in [0.4, 0.5) is 0 Å². The molecular weight excluding hydrogens is 491 g/mol. The van der Waals surface area contributed by atoms with Crippen molar-refractivity contribution < 1.29 is 9.53 Å². The van der Waals surface area contributed by atoms with Crippen molar-refractivity contribution in [2.45, 2.75) is 38.1 Å². The lowest BCUT2D eigenvalue weighted by molar-refractivity contribution is -0.138. The maximum Gasteiger partial charge on any atom is 0.225 e. The predicted octanol–water partition coefficient (Wildman–Crippen LogP) is 7.60. The maximum absolute atomic E-state index is 13.1. The number of hydrogen-bond donors (Lipinski definition) is 0. The molecule has 1 unspecified atom stereocenters. The third kappa shape index (κ3) is 5.88. The molecule has 6 heteroatoms. The molecule has 1 aliphatic carbocycles. The van der Waals surface area contributed by atoms with Crippen molar-refractivity contribution >= 4 is 29.1 Å². The van der Waals surface area contributed by atoms with Crippen molar-refractivity contribution in [1.29, 1.82) is 0 Å². The number of rotatable bonds is 6. The van der Waals surface area contributed by atoms with Crippen LogP contribution >= 0.6 is 23.2 Å². The fourth-order valence-corrected chi connectivity index (χ4v) is 5.97. The largest absolute Gasteiger partial charge is 0.457 e. The van der Waals surface area contributed by atoms with Gasteiger partial charge in [-0.15, -0.1) is 0 Å². The maximum atomic E-state index is 13.1. The first-order valence-corrected chi connectivity index (χ1v) is 13.6. The van der Waals surface area contributed by atoms with Crippen LogP contribution in [0.3, 0.4) is 0 Å². The number of carbonyl (C=O) groups is 1. The van der Waals surface area contributed by atoms with Crippen molar-refractivity contribution in [3.8, 4) is 11.5 Å². The van der Waals surface area contributed by atoms with E-state index in [9.17, 15) is 4.79 Å². The van der Waals surface area contributed by atoms with Gasteiger partial charge in [0.1, 0.15) is 11.5 Å². The predicted molar refractivity (Wildman–Crippen MR) is 146 cm³/mol. The summed E-state index contributed by atoms with van der Waals surface area (Å²) in [5.41, 5.74) is 2.15. The standard InChI is InChI=1S/C30H32Cl2N2O2/c31-24-13-16-27(28(32)21-24)29(22-11-14-26(15-12-22)36-25-9-5-2-6-10-25)33-17-19-34(20-18-33)30(35)23-7-3-1-4-8-23/h2,5-6,9-16,21,23,29H,1,3-4,7-8,17-20H2. The molecule has 4 nitrogen and oxygen atoms in total. The molecule has 1 atom stereocenters. The average molecular weight is 524 g/mol. The van der Waals surface area contributed by atoms with Gasteiger partial charge in [-0.2, -0.15) is 0 Å². The molecule has 188 valence electrons. The van der Waals surface area contributed by atoms with Gasteiger partial charge in [0.05, 0.1) is 6.04 Å². The molecule has 2 aliphatic rings. The third-order valence-corrected chi connectivity index (χ3v) is 7.94. The van der Waals surface area contributed by atoms with E-state index in [4.69, 9.17) is 27.9 Å². The second-order valence-corrected chi connectivity index (χ2v) is 10.6. The Morgan fingerprint density at radius 1 is 0.806 bits per heavy atom. The molecule has 36 heavy (non-hydrogen) atoms. The molecule has 5 rings (SSSR count). The van der Waals surface area contributed by atoms with Crippen LogP contribution in [0, 0.1) is 5.92 Å². The van der Waals surface area contributed by atoms with Crippen LogP contribution in [0.15, 0.2) is 72.8 Å². The molecule has 0 radical (unpaired) electrons. The molecule has 0 bridgehead atoms. The molecule has 0 N–H and O–H groups in total. The van der Waals surface area contributed by atoms with Gasteiger partial charge >= 0.3 is 0 Å². The monoisotopic (exact) mass is 522 g/mol. The number of benzene rings is 3. The Labute approximate surface area is 223 Å². The first kappa shape index (κ1) is 25.1. The number of ether oxygens (including phenoxy) is 1. The third-order valence-electron chi connectivity index (χ3n) is 7.38. The van der Waals surface area contributed by atoms with Crippen LogP contribution in [0.25, 0.3) is 0 Å². The van der Waals surface area contributed by atoms with E-state index in [1.807, 2.05) is 54.6 Å². The summed E-state index contributed by atoms with van der Waals surface area (Å²) in [7, 11) is 0. The summed E-state index contributed by atoms with van der Waals surface area (Å²) in [5.74, 6) is 2.15. The molecule has 1 saturated heterocycles. The van der Waals surface area contributed by atoms with Gasteiger partial charge < -0.3 is 9.64 Å². The second kappa shape index (κ2) is 11.7. The summed E-state index contributed by atoms with van der Waals surface area (Å²) in [6.45, 7) is 3.08. The minimum absolute atomic E-state index is 0.0347. The second-order valence-electron chi connectivity index (χ2n) is 9.75. The molecule has 1 saturated carbocycles. The van der Waals surface area contributed by atoms with E-state index in [-0.39, 0.29) is 12.0 Å². The molecule has 1 amide bonds. The molecule has 1 heterocycles. The number of piperazine rings is 1. The fourth-order valence-electron chi connectivity index (χ4n) is 5.46. The molecule has 3 aromatic rings. The number of carbonyl (C=O) groups excluding carboxylic acids is 1. The van der Waals surface area contributed by atoms with Crippen LogP contribution in [0.5, 0.6) is 11.5 Å². The van der Waals surface area contributed by atoms with E-state index in [1.165, 1.54) is 19.3 Å². The topological polar surface area (TPSA) is 32.8 Å². The smallest absolute Gasteiger partial charge is 0.225 e.